The van der Waals surface area contributed by atoms with Crippen molar-refractivity contribution in [3.05, 3.63) is 28.8 Å². The van der Waals surface area contributed by atoms with Gasteiger partial charge in [0.05, 0.1) is 0 Å². The highest BCUT2D eigenvalue weighted by molar-refractivity contribution is 5.45. The molecule has 1 unspecified atom stereocenters. The Bertz CT molecular complexity index is 372. The molecule has 0 aliphatic heterocycles. The molecule has 0 saturated heterocycles. The van der Waals surface area contributed by atoms with Gasteiger partial charge in [0.2, 0.25) is 0 Å². The second-order valence-electron chi connectivity index (χ2n) is 5.79. The minimum absolute atomic E-state index is 0.00000520. The molecule has 1 nitrogen and oxygen atoms in total. The minimum atomic E-state index is -0.00000520. The van der Waals surface area contributed by atoms with Gasteiger partial charge in [-0.15, -0.1) is 0 Å². The van der Waals surface area contributed by atoms with Gasteiger partial charge in [0, 0.05) is 0 Å². The Labute approximate surface area is 99.5 Å². The lowest BCUT2D eigenvalue weighted by atomic mass is 9.82. The molecule has 90 valence electrons. The first-order chi connectivity index (χ1) is 7.27. The summed E-state index contributed by atoms with van der Waals surface area (Å²) >= 11 is 0. The van der Waals surface area contributed by atoms with E-state index in [9.17, 15) is 5.11 Å². The van der Waals surface area contributed by atoms with Crippen LogP contribution in [0.2, 0.25) is 0 Å². The third kappa shape index (κ3) is 2.58. The van der Waals surface area contributed by atoms with Crippen molar-refractivity contribution in [2.45, 2.75) is 59.3 Å². The summed E-state index contributed by atoms with van der Waals surface area (Å²) in [6.07, 6.45) is 1.13. The SMILES string of the molecule is CCC(C)c1cc(C(C)(C)C)c(O)cc1C. The van der Waals surface area contributed by atoms with Crippen LogP contribution in [-0.2, 0) is 5.41 Å². The van der Waals surface area contributed by atoms with E-state index in [2.05, 4.69) is 47.6 Å². The first-order valence-corrected chi connectivity index (χ1v) is 6.11. The van der Waals surface area contributed by atoms with Crippen molar-refractivity contribution < 1.29 is 5.11 Å². The van der Waals surface area contributed by atoms with E-state index in [1.807, 2.05) is 6.07 Å². The van der Waals surface area contributed by atoms with E-state index in [0.29, 0.717) is 11.7 Å². The summed E-state index contributed by atoms with van der Waals surface area (Å²) < 4.78 is 0. The zero-order valence-corrected chi connectivity index (χ0v) is 11.4. The molecule has 0 bridgehead atoms. The Balaban J connectivity index is 3.33. The van der Waals surface area contributed by atoms with Crippen molar-refractivity contribution >= 4 is 0 Å². The molecule has 0 aromatic heterocycles. The number of phenolic OH excluding ortho intramolecular Hbond substituents is 1. The van der Waals surface area contributed by atoms with Crippen molar-refractivity contribution in [1.82, 2.24) is 0 Å². The van der Waals surface area contributed by atoms with Crippen LogP contribution in [-0.4, -0.2) is 5.11 Å². The van der Waals surface area contributed by atoms with Gasteiger partial charge in [-0.3, -0.25) is 0 Å². The number of rotatable bonds is 2. The monoisotopic (exact) mass is 220 g/mol. The maximum atomic E-state index is 10.0. The van der Waals surface area contributed by atoms with Crippen molar-refractivity contribution in [3.8, 4) is 5.75 Å². The first-order valence-electron chi connectivity index (χ1n) is 6.11. The van der Waals surface area contributed by atoms with Crippen LogP contribution < -0.4 is 0 Å². The zero-order chi connectivity index (χ0) is 12.5. The molecule has 0 heterocycles. The van der Waals surface area contributed by atoms with E-state index in [1.165, 1.54) is 11.1 Å². The van der Waals surface area contributed by atoms with Crippen molar-refractivity contribution in [3.63, 3.8) is 0 Å². The molecule has 0 aliphatic rings. The molecular formula is C15H24O. The largest absolute Gasteiger partial charge is 0.508 e. The maximum absolute atomic E-state index is 10.0. The number of hydrogen-bond acceptors (Lipinski definition) is 1. The van der Waals surface area contributed by atoms with Crippen LogP contribution in [0.3, 0.4) is 0 Å². The van der Waals surface area contributed by atoms with Gasteiger partial charge >= 0.3 is 0 Å². The molecule has 0 spiro atoms. The second kappa shape index (κ2) is 4.48. The summed E-state index contributed by atoms with van der Waals surface area (Å²) in [7, 11) is 0. The molecular weight excluding hydrogens is 196 g/mol. The lowest BCUT2D eigenvalue weighted by Crippen LogP contribution is -2.12. The Morgan fingerprint density at radius 2 is 1.81 bits per heavy atom. The second-order valence-corrected chi connectivity index (χ2v) is 5.79. The molecule has 1 aromatic rings. The summed E-state index contributed by atoms with van der Waals surface area (Å²) in [5.74, 6) is 0.985. The Hall–Kier alpha value is -0.980. The number of aryl methyl sites for hydroxylation is 1. The van der Waals surface area contributed by atoms with Gasteiger partial charge in [-0.1, -0.05) is 40.7 Å². The van der Waals surface area contributed by atoms with E-state index < -0.39 is 0 Å². The van der Waals surface area contributed by atoms with Crippen LogP contribution in [0.5, 0.6) is 5.75 Å². The van der Waals surface area contributed by atoms with Crippen molar-refractivity contribution in [1.29, 1.82) is 0 Å². The van der Waals surface area contributed by atoms with Crippen LogP contribution >= 0.6 is 0 Å². The van der Waals surface area contributed by atoms with Gasteiger partial charge in [-0.2, -0.15) is 0 Å². The fourth-order valence-corrected chi connectivity index (χ4v) is 2.06. The van der Waals surface area contributed by atoms with Crippen LogP contribution in [0.25, 0.3) is 0 Å². The van der Waals surface area contributed by atoms with E-state index in [0.717, 1.165) is 12.0 Å². The van der Waals surface area contributed by atoms with Gasteiger partial charge < -0.3 is 5.11 Å². The molecule has 1 atom stereocenters. The van der Waals surface area contributed by atoms with Gasteiger partial charge in [-0.25, -0.2) is 0 Å². The fourth-order valence-electron chi connectivity index (χ4n) is 2.06. The molecule has 0 radical (unpaired) electrons. The smallest absolute Gasteiger partial charge is 0.119 e. The summed E-state index contributed by atoms with van der Waals surface area (Å²) in [4.78, 5) is 0. The number of phenols is 1. The predicted molar refractivity (Wildman–Crippen MR) is 70.2 cm³/mol. The Kier molecular flexibility index (Phi) is 3.67. The van der Waals surface area contributed by atoms with E-state index in [1.54, 1.807) is 0 Å². The van der Waals surface area contributed by atoms with Crippen LogP contribution in [0, 0.1) is 6.92 Å². The number of aromatic hydroxyl groups is 1. The maximum Gasteiger partial charge on any atom is 0.119 e. The van der Waals surface area contributed by atoms with Gasteiger partial charge in [-0.05, 0) is 47.4 Å². The molecule has 0 amide bonds. The highest BCUT2D eigenvalue weighted by Crippen LogP contribution is 2.35. The van der Waals surface area contributed by atoms with Gasteiger partial charge in [0.15, 0.2) is 0 Å². The average molecular weight is 220 g/mol. The van der Waals surface area contributed by atoms with E-state index in [4.69, 9.17) is 0 Å². The molecule has 1 rings (SSSR count). The Morgan fingerprint density at radius 1 is 1.25 bits per heavy atom. The summed E-state index contributed by atoms with van der Waals surface area (Å²) in [6.45, 7) is 12.9. The molecule has 0 saturated carbocycles. The first kappa shape index (κ1) is 13.1. The summed E-state index contributed by atoms with van der Waals surface area (Å²) in [5, 5.41) is 10.0. The fraction of sp³-hybridized carbons (Fsp3) is 0.600. The third-order valence-electron chi connectivity index (χ3n) is 3.34. The van der Waals surface area contributed by atoms with Crippen molar-refractivity contribution in [2.75, 3.05) is 0 Å². The number of benzene rings is 1. The van der Waals surface area contributed by atoms with Crippen LogP contribution in [0.15, 0.2) is 12.1 Å². The summed E-state index contributed by atoms with van der Waals surface area (Å²) in [5.41, 5.74) is 3.61. The molecule has 1 heteroatoms. The van der Waals surface area contributed by atoms with Crippen molar-refractivity contribution in [2.24, 2.45) is 0 Å². The highest BCUT2D eigenvalue weighted by Gasteiger charge is 2.20. The highest BCUT2D eigenvalue weighted by atomic mass is 16.3. The molecule has 0 fully saturated rings. The average Bonchev–Trinajstić information content (AvgIpc) is 2.14. The topological polar surface area (TPSA) is 20.2 Å². The summed E-state index contributed by atoms with van der Waals surface area (Å²) in [6, 6.07) is 4.08. The molecule has 1 aromatic carbocycles. The molecule has 0 aliphatic carbocycles. The lowest BCUT2D eigenvalue weighted by molar-refractivity contribution is 0.445. The third-order valence-corrected chi connectivity index (χ3v) is 3.34. The van der Waals surface area contributed by atoms with Crippen LogP contribution in [0.1, 0.15) is 63.6 Å². The standard InChI is InChI=1S/C15H24O/c1-7-10(2)12-9-13(15(4,5)6)14(16)8-11(12)3/h8-10,16H,7H2,1-6H3. The van der Waals surface area contributed by atoms with Gasteiger partial charge in [0.25, 0.3) is 0 Å². The normalized spacial score (nSPS) is 13.9. The minimum Gasteiger partial charge on any atom is -0.508 e. The quantitative estimate of drug-likeness (QED) is 0.777. The zero-order valence-electron chi connectivity index (χ0n) is 11.4. The van der Waals surface area contributed by atoms with E-state index >= 15 is 0 Å². The molecule has 16 heavy (non-hydrogen) atoms. The lowest BCUT2D eigenvalue weighted by Gasteiger charge is -2.24. The van der Waals surface area contributed by atoms with Crippen LogP contribution in [0.4, 0.5) is 0 Å². The molecule has 1 N–H and O–H groups in total. The number of hydrogen-bond donors (Lipinski definition) is 1. The Morgan fingerprint density at radius 3 is 2.25 bits per heavy atom. The predicted octanol–water partition coefficient (Wildman–Crippen LogP) is 4.51. The van der Waals surface area contributed by atoms with E-state index in [-0.39, 0.29) is 5.41 Å². The van der Waals surface area contributed by atoms with Gasteiger partial charge in [0.1, 0.15) is 5.75 Å².